The first-order valence-corrected chi connectivity index (χ1v) is 14.9. The Balaban J connectivity index is 1.64. The minimum atomic E-state index is -0.979. The molecular formula is C33H46N2O8. The Morgan fingerprint density at radius 1 is 0.953 bits per heavy atom. The molecule has 2 fully saturated rings. The molecule has 4 rings (SSSR count). The van der Waals surface area contributed by atoms with E-state index in [1.807, 2.05) is 47.4 Å². The molecule has 2 aromatic carbocycles. The van der Waals surface area contributed by atoms with Gasteiger partial charge < -0.3 is 38.6 Å². The number of hydrogen-bond donors (Lipinski definition) is 1. The lowest BCUT2D eigenvalue weighted by atomic mass is 9.77. The first-order chi connectivity index (χ1) is 20.5. The molecule has 236 valence electrons. The zero-order valence-electron chi connectivity index (χ0n) is 26.2. The van der Waals surface area contributed by atoms with Crippen LogP contribution in [0.3, 0.4) is 0 Å². The maximum atomic E-state index is 14.5. The fraction of sp³-hybridized carbons (Fsp3) is 0.576. The molecule has 1 N–H and O–H groups in total. The third kappa shape index (κ3) is 8.76. The molecule has 10 heteroatoms. The number of ether oxygens (including phenoxy) is 5. The van der Waals surface area contributed by atoms with Gasteiger partial charge in [-0.15, -0.1) is 0 Å². The molecule has 2 aromatic rings. The van der Waals surface area contributed by atoms with Crippen LogP contribution in [0.4, 0.5) is 4.79 Å². The number of aliphatic hydroxyl groups excluding tert-OH is 1. The van der Waals surface area contributed by atoms with Crippen molar-refractivity contribution in [1.82, 2.24) is 9.80 Å². The number of aliphatic hydroxyl groups is 1. The zero-order valence-corrected chi connectivity index (χ0v) is 26.2. The molecule has 0 unspecified atom stereocenters. The lowest BCUT2D eigenvalue weighted by molar-refractivity contribution is -0.141. The van der Waals surface area contributed by atoms with E-state index < -0.39 is 29.6 Å². The van der Waals surface area contributed by atoms with Crippen LogP contribution < -0.4 is 14.2 Å². The largest absolute Gasteiger partial charge is 0.497 e. The number of methoxy groups -OCH3 is 3. The molecule has 1 heterocycles. The third-order valence-electron chi connectivity index (χ3n) is 7.68. The smallest absolute Gasteiger partial charge is 0.410 e. The van der Waals surface area contributed by atoms with Crippen LogP contribution >= 0.6 is 0 Å². The Kier molecular flexibility index (Phi) is 10.8. The van der Waals surface area contributed by atoms with Crippen molar-refractivity contribution >= 4 is 12.0 Å². The van der Waals surface area contributed by atoms with Gasteiger partial charge in [0.2, 0.25) is 5.91 Å². The van der Waals surface area contributed by atoms with Gasteiger partial charge in [0.15, 0.2) is 0 Å². The van der Waals surface area contributed by atoms with Crippen LogP contribution in [0.25, 0.3) is 0 Å². The van der Waals surface area contributed by atoms with Crippen LogP contribution in [0.15, 0.2) is 42.5 Å². The molecule has 43 heavy (non-hydrogen) atoms. The van der Waals surface area contributed by atoms with Crippen LogP contribution in [-0.4, -0.2) is 92.3 Å². The van der Waals surface area contributed by atoms with Crippen LogP contribution in [0.5, 0.6) is 17.2 Å². The van der Waals surface area contributed by atoms with Gasteiger partial charge in [0, 0.05) is 51.3 Å². The summed E-state index contributed by atoms with van der Waals surface area (Å²) < 4.78 is 27.7. The van der Waals surface area contributed by atoms with Gasteiger partial charge in [-0.05, 0) is 69.0 Å². The highest BCUT2D eigenvalue weighted by Crippen LogP contribution is 2.39. The van der Waals surface area contributed by atoms with E-state index in [1.54, 1.807) is 42.1 Å². The average molecular weight is 599 g/mol. The summed E-state index contributed by atoms with van der Waals surface area (Å²) in [5.41, 5.74) is 0.957. The minimum Gasteiger partial charge on any atom is -0.497 e. The van der Waals surface area contributed by atoms with Gasteiger partial charge in [-0.1, -0.05) is 12.1 Å². The molecule has 2 aliphatic rings. The molecule has 1 aliphatic carbocycles. The number of carbonyl (C=O) groups excluding carboxylic acids is 2. The van der Waals surface area contributed by atoms with Gasteiger partial charge in [0.1, 0.15) is 22.8 Å². The number of nitrogens with zero attached hydrogens (tertiary/aromatic N) is 2. The third-order valence-corrected chi connectivity index (χ3v) is 7.68. The Morgan fingerprint density at radius 3 is 2.33 bits per heavy atom. The average Bonchev–Trinajstić information content (AvgIpc) is 3.82. The second-order valence-electron chi connectivity index (χ2n) is 12.3. The minimum absolute atomic E-state index is 0.0592. The quantitative estimate of drug-likeness (QED) is 0.353. The summed E-state index contributed by atoms with van der Waals surface area (Å²) in [7, 11) is 4.84. The van der Waals surface area contributed by atoms with Crippen molar-refractivity contribution in [3.63, 3.8) is 0 Å². The van der Waals surface area contributed by atoms with Crippen molar-refractivity contribution in [3.8, 4) is 17.2 Å². The maximum absolute atomic E-state index is 14.5. The van der Waals surface area contributed by atoms with Gasteiger partial charge in [-0.25, -0.2) is 4.79 Å². The molecule has 0 aromatic heterocycles. The van der Waals surface area contributed by atoms with Gasteiger partial charge in [0.25, 0.3) is 0 Å². The Morgan fingerprint density at radius 2 is 1.67 bits per heavy atom. The second kappa shape index (κ2) is 14.3. The standard InChI is InChI=1S/C33H46N2O8/c1-33(2,3)43-32(38)34-20-28(30(29(36)21-34)23-9-7-10-25(17-23)40-5)31(37)35(24-11-12-24)19-22-15-26(41-6)18-27(16-22)42-14-8-13-39-4/h7,9-10,15-18,24,28-30,36H,8,11-14,19-21H2,1-6H3/t28-,29+,30+/m0/s1. The maximum Gasteiger partial charge on any atom is 0.410 e. The highest BCUT2D eigenvalue weighted by Gasteiger charge is 2.46. The van der Waals surface area contributed by atoms with Crippen molar-refractivity contribution in [3.05, 3.63) is 53.6 Å². The molecule has 10 nitrogen and oxygen atoms in total. The van der Waals surface area contributed by atoms with Crippen LogP contribution in [0.1, 0.15) is 57.1 Å². The summed E-state index contributed by atoms with van der Waals surface area (Å²) in [5.74, 6) is 0.590. The number of rotatable bonds is 12. The number of benzene rings is 2. The first-order valence-electron chi connectivity index (χ1n) is 14.9. The Bertz CT molecular complexity index is 1240. The first kappa shape index (κ1) is 32.4. The van der Waals surface area contributed by atoms with Crippen molar-refractivity contribution in [2.45, 2.75) is 70.2 Å². The lowest BCUT2D eigenvalue weighted by Gasteiger charge is -2.43. The molecule has 0 bridgehead atoms. The molecule has 3 atom stereocenters. The number of amides is 2. The van der Waals surface area contributed by atoms with Crippen LogP contribution in [0.2, 0.25) is 0 Å². The molecule has 1 aliphatic heterocycles. The van der Waals surface area contributed by atoms with E-state index in [-0.39, 0.29) is 25.0 Å². The summed E-state index contributed by atoms with van der Waals surface area (Å²) in [4.78, 5) is 31.0. The number of piperidine rings is 1. The van der Waals surface area contributed by atoms with E-state index in [9.17, 15) is 14.7 Å². The highest BCUT2D eigenvalue weighted by atomic mass is 16.6. The summed E-state index contributed by atoms with van der Waals surface area (Å²) in [6.45, 7) is 7.02. The van der Waals surface area contributed by atoms with E-state index >= 15 is 0 Å². The number of β-amino-alcohol motifs (C(OH)–C–C–N with tert-alkyl or cyclic N) is 1. The Hall–Kier alpha value is -3.50. The normalized spacial score (nSPS) is 20.3. The van der Waals surface area contributed by atoms with E-state index in [0.29, 0.717) is 37.0 Å². The number of hydrogen-bond acceptors (Lipinski definition) is 8. The number of likely N-dealkylation sites (tertiary alicyclic amines) is 1. The SMILES string of the molecule is COCCCOc1cc(CN(C(=O)[C@H]2CN(C(=O)OC(C)(C)C)C[C@@H](O)[C@@H]2c2cccc(OC)c2)C2CC2)cc(OC)c1. The van der Waals surface area contributed by atoms with E-state index in [4.69, 9.17) is 23.7 Å². The monoisotopic (exact) mass is 598 g/mol. The molecular weight excluding hydrogens is 552 g/mol. The summed E-state index contributed by atoms with van der Waals surface area (Å²) >= 11 is 0. The molecule has 1 saturated heterocycles. The Labute approximate surface area is 254 Å². The van der Waals surface area contributed by atoms with Crippen molar-refractivity contribution in [2.75, 3.05) is 47.6 Å². The lowest BCUT2D eigenvalue weighted by Crippen LogP contribution is -2.56. The highest BCUT2D eigenvalue weighted by molar-refractivity contribution is 5.82. The van der Waals surface area contributed by atoms with Gasteiger partial charge in [-0.2, -0.15) is 0 Å². The van der Waals surface area contributed by atoms with Crippen molar-refractivity contribution < 1.29 is 38.4 Å². The summed E-state index contributed by atoms with van der Waals surface area (Å²) in [6, 6.07) is 13.2. The summed E-state index contributed by atoms with van der Waals surface area (Å²) in [6.07, 6.45) is 1.01. The molecule has 0 radical (unpaired) electrons. The van der Waals surface area contributed by atoms with Crippen LogP contribution in [0, 0.1) is 5.92 Å². The predicted octanol–water partition coefficient (Wildman–Crippen LogP) is 4.62. The molecule has 1 saturated carbocycles. The zero-order chi connectivity index (χ0) is 31.1. The topological polar surface area (TPSA) is 107 Å². The van der Waals surface area contributed by atoms with E-state index in [2.05, 4.69) is 0 Å². The molecule has 0 spiro atoms. The van der Waals surface area contributed by atoms with Gasteiger partial charge >= 0.3 is 6.09 Å². The van der Waals surface area contributed by atoms with Crippen LogP contribution in [-0.2, 0) is 20.8 Å². The predicted molar refractivity (Wildman–Crippen MR) is 162 cm³/mol. The summed E-state index contributed by atoms with van der Waals surface area (Å²) in [5, 5.41) is 11.5. The number of carbonyl (C=O) groups is 2. The molecule has 2 amide bonds. The van der Waals surface area contributed by atoms with Crippen molar-refractivity contribution in [2.24, 2.45) is 5.92 Å². The van der Waals surface area contributed by atoms with E-state index in [0.717, 1.165) is 30.4 Å². The second-order valence-corrected chi connectivity index (χ2v) is 12.3. The fourth-order valence-corrected chi connectivity index (χ4v) is 5.54. The fourth-order valence-electron chi connectivity index (χ4n) is 5.54. The van der Waals surface area contributed by atoms with Gasteiger partial charge in [0.05, 0.1) is 39.4 Å². The van der Waals surface area contributed by atoms with Gasteiger partial charge in [-0.3, -0.25) is 4.79 Å². The van der Waals surface area contributed by atoms with E-state index in [1.165, 1.54) is 4.90 Å². The van der Waals surface area contributed by atoms with Crippen molar-refractivity contribution in [1.29, 1.82) is 0 Å².